The summed E-state index contributed by atoms with van der Waals surface area (Å²) in [6, 6.07) is 1.51. The maximum atomic E-state index is 6.46. The highest BCUT2D eigenvalue weighted by Gasteiger charge is 2.51. The van der Waals surface area contributed by atoms with E-state index >= 15 is 0 Å². The van der Waals surface area contributed by atoms with Crippen LogP contribution in [-0.4, -0.2) is 96.1 Å². The zero-order chi connectivity index (χ0) is 20.8. The highest BCUT2D eigenvalue weighted by molar-refractivity contribution is 6.74. The molecule has 0 saturated carbocycles. The Hall–Kier alpha value is 0.154. The van der Waals surface area contributed by atoms with Gasteiger partial charge in [0.15, 0.2) is 0 Å². The van der Waals surface area contributed by atoms with Crippen molar-refractivity contribution in [2.24, 2.45) is 0 Å². The molecule has 0 unspecified atom stereocenters. The van der Waals surface area contributed by atoms with Crippen molar-refractivity contribution in [3.05, 3.63) is 0 Å². The molecule has 164 valence electrons. The van der Waals surface area contributed by atoms with Gasteiger partial charge in [0, 0.05) is 40.5 Å². The van der Waals surface area contributed by atoms with E-state index < -0.39 is 17.6 Å². The van der Waals surface area contributed by atoms with E-state index in [2.05, 4.69) is 37.7 Å². The first kappa shape index (κ1) is 27.2. The van der Waals surface area contributed by atoms with E-state index in [0.29, 0.717) is 0 Å². The summed E-state index contributed by atoms with van der Waals surface area (Å²) in [4.78, 5) is 4.65. The van der Waals surface area contributed by atoms with E-state index in [1.54, 1.807) is 28.4 Å². The van der Waals surface area contributed by atoms with Gasteiger partial charge in [-0.15, -0.1) is 0 Å². The van der Waals surface area contributed by atoms with Gasteiger partial charge in [0.2, 0.25) is 0 Å². The molecule has 0 aliphatic rings. The van der Waals surface area contributed by atoms with Gasteiger partial charge in [0.25, 0.3) is 0 Å². The van der Waals surface area contributed by atoms with Crippen molar-refractivity contribution in [1.82, 2.24) is 9.80 Å². The summed E-state index contributed by atoms with van der Waals surface area (Å²) < 4.78 is 29.6. The fourth-order valence-electron chi connectivity index (χ4n) is 3.20. The second kappa shape index (κ2) is 15.1. The third kappa shape index (κ3) is 10.5. The predicted molar refractivity (Wildman–Crippen MR) is 115 cm³/mol. The Balaban J connectivity index is 4.87. The maximum absolute atomic E-state index is 6.46. The smallest absolute Gasteiger partial charge is 0.377 e. The highest BCUT2D eigenvalue weighted by Crippen LogP contribution is 2.26. The van der Waals surface area contributed by atoms with E-state index in [9.17, 15) is 0 Å². The van der Waals surface area contributed by atoms with Crippen LogP contribution in [0.15, 0.2) is 0 Å². The van der Waals surface area contributed by atoms with Gasteiger partial charge in [0.1, 0.15) is 0 Å². The molecule has 0 aliphatic heterocycles. The van der Waals surface area contributed by atoms with Crippen LogP contribution in [0.1, 0.15) is 39.5 Å². The zero-order valence-corrected chi connectivity index (χ0v) is 21.0. The van der Waals surface area contributed by atoms with E-state index in [4.69, 9.17) is 21.8 Å². The monoisotopic (exact) mass is 424 g/mol. The summed E-state index contributed by atoms with van der Waals surface area (Å²) >= 11 is 0. The van der Waals surface area contributed by atoms with Crippen LogP contribution >= 0.6 is 0 Å². The van der Waals surface area contributed by atoms with Gasteiger partial charge in [0.05, 0.1) is 0 Å². The van der Waals surface area contributed by atoms with Gasteiger partial charge in [-0.3, -0.25) is 0 Å². The molecule has 0 N–H and O–H groups in total. The molecule has 0 spiro atoms. The first-order valence-corrected chi connectivity index (χ1v) is 14.0. The topological polar surface area (TPSA) is 52.6 Å². The summed E-state index contributed by atoms with van der Waals surface area (Å²) in [6.45, 7) is 8.56. The average Bonchev–Trinajstić information content (AvgIpc) is 2.66. The molecule has 0 fully saturated rings. The molecule has 0 aromatic heterocycles. The fourth-order valence-corrected chi connectivity index (χ4v) is 9.58. The minimum Gasteiger partial charge on any atom is -0.377 e. The lowest BCUT2D eigenvalue weighted by Gasteiger charge is -2.36. The summed E-state index contributed by atoms with van der Waals surface area (Å²) in [6.07, 6.45) is 4.23. The molecule has 0 saturated heterocycles. The quantitative estimate of drug-likeness (QED) is 0.314. The number of rotatable bonds is 18. The summed E-state index contributed by atoms with van der Waals surface area (Å²) in [5.74, 6) is 0. The van der Waals surface area contributed by atoms with Crippen molar-refractivity contribution in [2.45, 2.75) is 51.6 Å². The Bertz CT molecular complexity index is 327. The number of hydrogen-bond acceptors (Lipinski definition) is 7. The second-order valence-electron chi connectivity index (χ2n) is 7.10. The van der Waals surface area contributed by atoms with Gasteiger partial charge in [-0.2, -0.15) is 0 Å². The van der Waals surface area contributed by atoms with Crippen molar-refractivity contribution in [3.63, 3.8) is 0 Å². The van der Waals surface area contributed by atoms with Crippen LogP contribution in [0.3, 0.4) is 0 Å². The minimum absolute atomic E-state index is 0.755. The molecular formula is C18H44N2O5Si2. The fraction of sp³-hybridized carbons (Fsp3) is 1.00. The Kier molecular flexibility index (Phi) is 15.1. The van der Waals surface area contributed by atoms with Crippen molar-refractivity contribution < 1.29 is 21.8 Å². The Morgan fingerprint density at radius 2 is 0.926 bits per heavy atom. The highest BCUT2D eigenvalue weighted by atomic mass is 28.5. The molecule has 0 bridgehead atoms. The molecule has 0 heterocycles. The molecule has 0 amide bonds. The molecule has 0 atom stereocenters. The van der Waals surface area contributed by atoms with E-state index in [-0.39, 0.29) is 0 Å². The molecule has 0 aromatic rings. The SMILES string of the molecule is CCCN(C)CCC[Si](OC)(OC)O[Si](CCCN(C)CCC)(OC)OC. The van der Waals surface area contributed by atoms with Crippen molar-refractivity contribution >= 4 is 17.6 Å². The predicted octanol–water partition coefficient (Wildman–Crippen LogP) is 2.93. The van der Waals surface area contributed by atoms with Crippen molar-refractivity contribution in [3.8, 4) is 0 Å². The average molecular weight is 425 g/mol. The summed E-state index contributed by atoms with van der Waals surface area (Å²) in [5, 5.41) is 0. The number of hydrogen-bond donors (Lipinski definition) is 0. The Morgan fingerprint density at radius 1 is 0.593 bits per heavy atom. The van der Waals surface area contributed by atoms with E-state index in [1.165, 1.54) is 0 Å². The van der Waals surface area contributed by atoms with Crippen LogP contribution in [-0.2, 0) is 21.8 Å². The normalized spacial score (nSPS) is 13.1. The van der Waals surface area contributed by atoms with Gasteiger partial charge in [-0.05, 0) is 66.0 Å². The standard InChI is InChI=1S/C18H44N2O5Si2/c1-9-13-19(3)15-11-17-26(21-5,22-6)25-27(23-7,24-8)18-12-16-20(4)14-10-2/h9-18H2,1-8H3. The maximum Gasteiger partial charge on any atom is 0.493 e. The van der Waals surface area contributed by atoms with Crippen LogP contribution in [0.4, 0.5) is 0 Å². The second-order valence-corrected chi connectivity index (χ2v) is 13.3. The van der Waals surface area contributed by atoms with Gasteiger partial charge < -0.3 is 31.6 Å². The molecule has 0 aliphatic carbocycles. The van der Waals surface area contributed by atoms with Crippen LogP contribution in [0.2, 0.25) is 12.1 Å². The lowest BCUT2D eigenvalue weighted by molar-refractivity contribution is 0.0849. The molecule has 27 heavy (non-hydrogen) atoms. The van der Waals surface area contributed by atoms with Gasteiger partial charge in [-0.25, -0.2) is 0 Å². The molecule has 0 radical (unpaired) electrons. The molecule has 0 rings (SSSR count). The molecule has 9 heteroatoms. The molecular weight excluding hydrogens is 380 g/mol. The minimum atomic E-state index is -2.83. The Labute approximate surface area is 170 Å². The third-order valence-corrected chi connectivity index (χ3v) is 11.7. The molecule has 0 aromatic carbocycles. The van der Waals surface area contributed by atoms with Crippen LogP contribution < -0.4 is 0 Å². The van der Waals surface area contributed by atoms with Crippen LogP contribution in [0, 0.1) is 0 Å². The largest absolute Gasteiger partial charge is 0.493 e. The molecule has 7 nitrogen and oxygen atoms in total. The van der Waals surface area contributed by atoms with Crippen molar-refractivity contribution in [1.29, 1.82) is 0 Å². The van der Waals surface area contributed by atoms with Gasteiger partial charge in [-0.1, -0.05) is 13.8 Å². The zero-order valence-electron chi connectivity index (χ0n) is 19.0. The van der Waals surface area contributed by atoms with Crippen molar-refractivity contribution in [2.75, 3.05) is 68.7 Å². The first-order chi connectivity index (χ1) is 12.9. The Morgan fingerprint density at radius 3 is 1.19 bits per heavy atom. The van der Waals surface area contributed by atoms with Gasteiger partial charge >= 0.3 is 17.6 Å². The lowest BCUT2D eigenvalue weighted by Crippen LogP contribution is -2.57. The van der Waals surface area contributed by atoms with Crippen LogP contribution in [0.25, 0.3) is 0 Å². The van der Waals surface area contributed by atoms with E-state index in [0.717, 1.165) is 64.0 Å². The first-order valence-electron chi connectivity index (χ1n) is 10.1. The van der Waals surface area contributed by atoms with Crippen LogP contribution in [0.5, 0.6) is 0 Å². The third-order valence-electron chi connectivity index (χ3n) is 4.81. The summed E-state index contributed by atoms with van der Waals surface area (Å²) in [5.41, 5.74) is 0. The summed E-state index contributed by atoms with van der Waals surface area (Å²) in [7, 11) is 5.31. The van der Waals surface area contributed by atoms with E-state index in [1.807, 2.05) is 0 Å². The number of nitrogens with zero attached hydrogens (tertiary/aromatic N) is 2. The lowest BCUT2D eigenvalue weighted by atomic mass is 10.4.